The van der Waals surface area contributed by atoms with Gasteiger partial charge in [-0.25, -0.2) is 15.0 Å². The molecule has 0 spiro atoms. The quantitative estimate of drug-likeness (QED) is 0.152. The van der Waals surface area contributed by atoms with Gasteiger partial charge in [-0.05, 0) is 70.6 Å². The topological polar surface area (TPSA) is 43.6 Å². The zero-order chi connectivity index (χ0) is 34.9. The lowest BCUT2D eigenvalue weighted by Gasteiger charge is -2.15. The molecule has 9 aromatic rings. The molecule has 0 bridgehead atoms. The summed E-state index contributed by atoms with van der Waals surface area (Å²) in [6.45, 7) is 3.93. The van der Waals surface area contributed by atoms with E-state index in [4.69, 9.17) is 15.0 Å². The van der Waals surface area contributed by atoms with Crippen LogP contribution in [0.1, 0.15) is 5.56 Å². The third kappa shape index (κ3) is 5.66. The van der Waals surface area contributed by atoms with Gasteiger partial charge in [0.05, 0.1) is 11.0 Å². The van der Waals surface area contributed by atoms with Crippen LogP contribution in [0.2, 0.25) is 0 Å². The highest BCUT2D eigenvalue weighted by Gasteiger charge is 2.19. The maximum Gasteiger partial charge on any atom is 0.164 e. The Morgan fingerprint density at radius 1 is 0.423 bits per heavy atom. The predicted molar refractivity (Wildman–Crippen MR) is 215 cm³/mol. The molecule has 246 valence electrons. The molecule has 52 heavy (non-hydrogen) atoms. The Kier molecular flexibility index (Phi) is 8.03. The third-order valence-electron chi connectivity index (χ3n) is 9.62. The lowest BCUT2D eigenvalue weighted by Crippen LogP contribution is -2.01. The van der Waals surface area contributed by atoms with Gasteiger partial charge in [0.1, 0.15) is 0 Å². The summed E-state index contributed by atoms with van der Waals surface area (Å²) >= 11 is 0. The van der Waals surface area contributed by atoms with Crippen molar-refractivity contribution in [3.63, 3.8) is 0 Å². The average molecular weight is 667 g/mol. The summed E-state index contributed by atoms with van der Waals surface area (Å²) in [6.07, 6.45) is 2.69. The summed E-state index contributed by atoms with van der Waals surface area (Å²) in [5.41, 5.74) is 12.0. The second kappa shape index (κ2) is 13.4. The molecule has 0 atom stereocenters. The molecular formula is C48H34N4. The minimum absolute atomic E-state index is 0.629. The lowest BCUT2D eigenvalue weighted by molar-refractivity contribution is 1.07. The van der Waals surface area contributed by atoms with Crippen LogP contribution in [0.5, 0.6) is 0 Å². The van der Waals surface area contributed by atoms with Crippen molar-refractivity contribution in [2.24, 2.45) is 0 Å². The second-order valence-corrected chi connectivity index (χ2v) is 12.9. The van der Waals surface area contributed by atoms with Gasteiger partial charge in [0, 0.05) is 33.2 Å². The summed E-state index contributed by atoms with van der Waals surface area (Å²) < 4.78 is 2.35. The van der Waals surface area contributed by atoms with Crippen molar-refractivity contribution in [1.82, 2.24) is 19.5 Å². The summed E-state index contributed by atoms with van der Waals surface area (Å²) in [5, 5.41) is 2.44. The van der Waals surface area contributed by atoms with Gasteiger partial charge in [0.25, 0.3) is 0 Å². The third-order valence-corrected chi connectivity index (χ3v) is 9.62. The van der Waals surface area contributed by atoms with Crippen molar-refractivity contribution in [2.45, 2.75) is 6.42 Å². The second-order valence-electron chi connectivity index (χ2n) is 12.9. The largest absolute Gasteiger partial charge is 0.309 e. The number of benzene rings is 7. The number of hydrogen-bond donors (Lipinski definition) is 0. The standard InChI is InChI=1S/C48H34N4/c1-2-16-33-17-15-20-36(31-33)47-49-46(34-18-5-3-6-19-34)50-48(51-47)42-27-12-11-25-40(42)39-24-10-9-23-38(39)35-29-30-45-43(32-35)41-26-13-14-28-44(41)52(45)37-21-7-4-8-22-37/h2-15,17-32H,1,16H2. The van der Waals surface area contributed by atoms with Crippen LogP contribution in [-0.2, 0) is 6.42 Å². The van der Waals surface area contributed by atoms with Crippen molar-refractivity contribution in [3.05, 3.63) is 194 Å². The zero-order valence-corrected chi connectivity index (χ0v) is 28.5. The zero-order valence-electron chi connectivity index (χ0n) is 28.5. The molecule has 0 aliphatic carbocycles. The molecule has 7 aromatic carbocycles. The van der Waals surface area contributed by atoms with Crippen LogP contribution >= 0.6 is 0 Å². The van der Waals surface area contributed by atoms with E-state index in [2.05, 4.69) is 157 Å². The van der Waals surface area contributed by atoms with E-state index in [0.29, 0.717) is 17.5 Å². The van der Waals surface area contributed by atoms with E-state index in [1.54, 1.807) is 0 Å². The Morgan fingerprint density at radius 2 is 1.00 bits per heavy atom. The number of allylic oxidation sites excluding steroid dienone is 1. The number of nitrogens with zero attached hydrogens (tertiary/aromatic N) is 4. The smallest absolute Gasteiger partial charge is 0.164 e. The fraction of sp³-hybridized carbons (Fsp3) is 0.0208. The highest BCUT2D eigenvalue weighted by atomic mass is 15.0. The minimum Gasteiger partial charge on any atom is -0.309 e. The number of fused-ring (bicyclic) bond motifs is 3. The first-order chi connectivity index (χ1) is 25.7. The normalized spacial score (nSPS) is 11.2. The molecular weight excluding hydrogens is 633 g/mol. The number of para-hydroxylation sites is 2. The molecule has 0 unspecified atom stereocenters. The molecule has 9 rings (SSSR count). The fourth-order valence-corrected chi connectivity index (χ4v) is 7.22. The molecule has 2 aromatic heterocycles. The van der Waals surface area contributed by atoms with Crippen LogP contribution in [0.4, 0.5) is 0 Å². The monoisotopic (exact) mass is 666 g/mol. The van der Waals surface area contributed by atoms with Gasteiger partial charge in [-0.3, -0.25) is 0 Å². The lowest BCUT2D eigenvalue weighted by atomic mass is 9.91. The van der Waals surface area contributed by atoms with Crippen molar-refractivity contribution >= 4 is 21.8 Å². The van der Waals surface area contributed by atoms with E-state index in [1.165, 1.54) is 21.8 Å². The molecule has 0 saturated heterocycles. The van der Waals surface area contributed by atoms with Gasteiger partial charge >= 0.3 is 0 Å². The van der Waals surface area contributed by atoms with Gasteiger partial charge in [-0.2, -0.15) is 0 Å². The van der Waals surface area contributed by atoms with Crippen molar-refractivity contribution < 1.29 is 0 Å². The first-order valence-corrected chi connectivity index (χ1v) is 17.5. The number of aromatic nitrogens is 4. The number of hydrogen-bond acceptors (Lipinski definition) is 3. The fourth-order valence-electron chi connectivity index (χ4n) is 7.22. The van der Waals surface area contributed by atoms with E-state index >= 15 is 0 Å². The Hall–Kier alpha value is -6.91. The molecule has 0 amide bonds. The Labute approximate surface area is 303 Å². The molecule has 2 heterocycles. The first kappa shape index (κ1) is 31.1. The molecule has 0 fully saturated rings. The minimum atomic E-state index is 0.629. The van der Waals surface area contributed by atoms with E-state index in [1.807, 2.05) is 36.4 Å². The van der Waals surface area contributed by atoms with Crippen LogP contribution in [-0.4, -0.2) is 19.5 Å². The Morgan fingerprint density at radius 3 is 1.77 bits per heavy atom. The Bertz CT molecular complexity index is 2730. The summed E-state index contributed by atoms with van der Waals surface area (Å²) in [4.78, 5) is 15.3. The van der Waals surface area contributed by atoms with Gasteiger partial charge < -0.3 is 4.57 Å². The Balaban J connectivity index is 1.22. The van der Waals surface area contributed by atoms with Gasteiger partial charge in [0.2, 0.25) is 0 Å². The van der Waals surface area contributed by atoms with E-state index in [9.17, 15) is 0 Å². The molecule has 4 nitrogen and oxygen atoms in total. The SMILES string of the molecule is C=CCc1cccc(-c2nc(-c3ccccc3)nc(-c3ccccc3-c3ccccc3-c3ccc4c(c3)c3ccccc3n4-c3ccccc3)n2)c1. The van der Waals surface area contributed by atoms with Crippen molar-refractivity contribution in [2.75, 3.05) is 0 Å². The first-order valence-electron chi connectivity index (χ1n) is 17.5. The highest BCUT2D eigenvalue weighted by molar-refractivity contribution is 6.11. The van der Waals surface area contributed by atoms with Gasteiger partial charge in [-0.1, -0.05) is 146 Å². The van der Waals surface area contributed by atoms with Crippen LogP contribution in [0.15, 0.2) is 189 Å². The van der Waals surface area contributed by atoms with Crippen LogP contribution in [0, 0.1) is 0 Å². The van der Waals surface area contributed by atoms with Crippen LogP contribution < -0.4 is 0 Å². The summed E-state index contributed by atoms with van der Waals surface area (Å²) in [5.74, 6) is 1.90. The van der Waals surface area contributed by atoms with E-state index < -0.39 is 0 Å². The number of rotatable bonds is 8. The van der Waals surface area contributed by atoms with Crippen molar-refractivity contribution in [1.29, 1.82) is 0 Å². The molecule has 0 aliphatic rings. The maximum absolute atomic E-state index is 5.15. The summed E-state index contributed by atoms with van der Waals surface area (Å²) in [7, 11) is 0. The molecule has 4 heteroatoms. The highest BCUT2D eigenvalue weighted by Crippen LogP contribution is 2.40. The van der Waals surface area contributed by atoms with Gasteiger partial charge in [-0.15, -0.1) is 6.58 Å². The summed E-state index contributed by atoms with van der Waals surface area (Å²) in [6, 6.07) is 61.6. The molecule has 0 aliphatic heterocycles. The van der Waals surface area contributed by atoms with Gasteiger partial charge in [0.15, 0.2) is 17.5 Å². The molecule has 0 saturated carbocycles. The maximum atomic E-state index is 5.15. The van der Waals surface area contributed by atoms with E-state index in [-0.39, 0.29) is 0 Å². The predicted octanol–water partition coefficient (Wildman–Crippen LogP) is 12.0. The van der Waals surface area contributed by atoms with Crippen molar-refractivity contribution in [3.8, 4) is 62.1 Å². The average Bonchev–Trinajstić information content (AvgIpc) is 3.55. The van der Waals surface area contributed by atoms with E-state index in [0.717, 1.165) is 56.6 Å². The van der Waals surface area contributed by atoms with Crippen LogP contribution in [0.25, 0.3) is 83.9 Å². The molecule has 0 radical (unpaired) electrons. The van der Waals surface area contributed by atoms with Crippen LogP contribution in [0.3, 0.4) is 0 Å². The molecule has 0 N–H and O–H groups in total.